The molecule has 1 N–H and O–H groups in total. The fraction of sp³-hybridized carbons (Fsp3) is 0.571. The van der Waals surface area contributed by atoms with Crippen molar-refractivity contribution >= 4 is 10.0 Å². The molecule has 0 bridgehead atoms. The van der Waals surface area contributed by atoms with Crippen LogP contribution in [0.2, 0.25) is 0 Å². The number of benzene rings is 1. The van der Waals surface area contributed by atoms with Crippen molar-refractivity contribution in [2.75, 3.05) is 20.1 Å². The van der Waals surface area contributed by atoms with Crippen LogP contribution in [0.15, 0.2) is 35.2 Å². The number of nitrogens with zero attached hydrogens (tertiary/aromatic N) is 1. The van der Waals surface area contributed by atoms with Crippen molar-refractivity contribution in [3.05, 3.63) is 30.3 Å². The summed E-state index contributed by atoms with van der Waals surface area (Å²) in [6.07, 6.45) is 2.02. The average Bonchev–Trinajstić information content (AvgIpc) is 2.47. The quantitative estimate of drug-likeness (QED) is 0.914. The molecule has 2 rings (SSSR count). The van der Waals surface area contributed by atoms with E-state index in [2.05, 4.69) is 12.2 Å². The first-order valence-electron chi connectivity index (χ1n) is 6.78. The van der Waals surface area contributed by atoms with E-state index in [9.17, 15) is 8.42 Å². The Morgan fingerprint density at radius 2 is 2.00 bits per heavy atom. The molecule has 106 valence electrons. The van der Waals surface area contributed by atoms with Crippen LogP contribution in [0.3, 0.4) is 0 Å². The van der Waals surface area contributed by atoms with Gasteiger partial charge in [0, 0.05) is 19.1 Å². The van der Waals surface area contributed by atoms with Gasteiger partial charge in [0.15, 0.2) is 0 Å². The SMILES string of the molecule is CNC(C)C1CCCN(S(=O)(=O)c2ccccc2)C1. The van der Waals surface area contributed by atoms with Crippen LogP contribution in [0.1, 0.15) is 19.8 Å². The predicted molar refractivity (Wildman–Crippen MR) is 76.4 cm³/mol. The van der Waals surface area contributed by atoms with E-state index < -0.39 is 10.0 Å². The lowest BCUT2D eigenvalue weighted by Gasteiger charge is -2.34. The Labute approximate surface area is 115 Å². The highest BCUT2D eigenvalue weighted by molar-refractivity contribution is 7.89. The van der Waals surface area contributed by atoms with E-state index in [1.54, 1.807) is 28.6 Å². The molecule has 0 aromatic heterocycles. The molecule has 0 radical (unpaired) electrons. The molecule has 0 aliphatic carbocycles. The standard InChI is InChI=1S/C14H22N2O2S/c1-12(15-2)13-7-6-10-16(11-13)19(17,18)14-8-4-3-5-9-14/h3-5,8-9,12-13,15H,6-7,10-11H2,1-2H3. The third-order valence-electron chi connectivity index (χ3n) is 3.96. The Hall–Kier alpha value is -0.910. The molecular formula is C14H22N2O2S. The van der Waals surface area contributed by atoms with Gasteiger partial charge in [-0.3, -0.25) is 0 Å². The Morgan fingerprint density at radius 1 is 1.32 bits per heavy atom. The van der Waals surface area contributed by atoms with Crippen molar-refractivity contribution in [2.45, 2.75) is 30.7 Å². The second-order valence-corrected chi connectivity index (χ2v) is 7.09. The van der Waals surface area contributed by atoms with Gasteiger partial charge in [-0.05, 0) is 44.9 Å². The predicted octanol–water partition coefficient (Wildman–Crippen LogP) is 1.70. The van der Waals surface area contributed by atoms with E-state index in [1.807, 2.05) is 13.1 Å². The summed E-state index contributed by atoms with van der Waals surface area (Å²) in [6, 6.07) is 9.05. The molecule has 0 spiro atoms. The Morgan fingerprint density at radius 3 is 2.63 bits per heavy atom. The summed E-state index contributed by atoms with van der Waals surface area (Å²) < 4.78 is 26.7. The van der Waals surface area contributed by atoms with E-state index in [4.69, 9.17) is 0 Å². The van der Waals surface area contributed by atoms with E-state index in [1.165, 1.54) is 0 Å². The van der Waals surface area contributed by atoms with Crippen molar-refractivity contribution in [1.29, 1.82) is 0 Å². The van der Waals surface area contributed by atoms with E-state index in [-0.39, 0.29) is 0 Å². The van der Waals surface area contributed by atoms with Gasteiger partial charge in [-0.15, -0.1) is 0 Å². The van der Waals surface area contributed by atoms with Crippen molar-refractivity contribution in [3.8, 4) is 0 Å². The minimum absolute atomic E-state index is 0.341. The topological polar surface area (TPSA) is 49.4 Å². The summed E-state index contributed by atoms with van der Waals surface area (Å²) in [7, 11) is -1.41. The number of nitrogens with one attached hydrogen (secondary N) is 1. The molecule has 5 heteroatoms. The summed E-state index contributed by atoms with van der Waals surface area (Å²) in [5.41, 5.74) is 0. The lowest BCUT2D eigenvalue weighted by molar-refractivity contribution is 0.229. The van der Waals surface area contributed by atoms with Gasteiger partial charge in [-0.25, -0.2) is 8.42 Å². The Bertz CT molecular complexity index is 501. The lowest BCUT2D eigenvalue weighted by atomic mass is 9.93. The van der Waals surface area contributed by atoms with Crippen LogP contribution in [0.25, 0.3) is 0 Å². The largest absolute Gasteiger partial charge is 0.317 e. The zero-order valence-electron chi connectivity index (χ0n) is 11.5. The maximum absolute atomic E-state index is 12.5. The molecule has 0 amide bonds. The fourth-order valence-electron chi connectivity index (χ4n) is 2.58. The molecule has 1 aromatic carbocycles. The van der Waals surface area contributed by atoms with E-state index in [0.717, 1.165) is 12.8 Å². The zero-order valence-corrected chi connectivity index (χ0v) is 12.4. The second kappa shape index (κ2) is 6.03. The first kappa shape index (κ1) is 14.5. The zero-order chi connectivity index (χ0) is 13.9. The van der Waals surface area contributed by atoms with Crippen LogP contribution >= 0.6 is 0 Å². The number of hydrogen-bond acceptors (Lipinski definition) is 3. The van der Waals surface area contributed by atoms with Gasteiger partial charge in [-0.2, -0.15) is 4.31 Å². The third-order valence-corrected chi connectivity index (χ3v) is 5.84. The monoisotopic (exact) mass is 282 g/mol. The first-order valence-corrected chi connectivity index (χ1v) is 8.22. The second-order valence-electron chi connectivity index (χ2n) is 5.16. The highest BCUT2D eigenvalue weighted by atomic mass is 32.2. The number of rotatable bonds is 4. The molecule has 1 aromatic rings. The molecule has 1 saturated heterocycles. The van der Waals surface area contributed by atoms with Crippen molar-refractivity contribution < 1.29 is 8.42 Å². The van der Waals surface area contributed by atoms with Gasteiger partial charge in [0.05, 0.1) is 4.90 Å². The van der Waals surface area contributed by atoms with E-state index >= 15 is 0 Å². The van der Waals surface area contributed by atoms with Gasteiger partial charge in [0.25, 0.3) is 0 Å². The number of hydrogen-bond donors (Lipinski definition) is 1. The molecular weight excluding hydrogens is 260 g/mol. The number of sulfonamides is 1. The average molecular weight is 282 g/mol. The molecule has 1 aliphatic heterocycles. The minimum Gasteiger partial charge on any atom is -0.317 e. The Balaban J connectivity index is 2.17. The minimum atomic E-state index is -3.33. The normalized spacial score (nSPS) is 23.2. The van der Waals surface area contributed by atoms with Crippen LogP contribution in [0, 0.1) is 5.92 Å². The molecule has 1 fully saturated rings. The molecule has 2 unspecified atom stereocenters. The van der Waals surface area contributed by atoms with Crippen LogP contribution in [-0.4, -0.2) is 38.9 Å². The highest BCUT2D eigenvalue weighted by Gasteiger charge is 2.31. The van der Waals surface area contributed by atoms with Gasteiger partial charge < -0.3 is 5.32 Å². The van der Waals surface area contributed by atoms with Gasteiger partial charge in [0.1, 0.15) is 0 Å². The summed E-state index contributed by atoms with van der Waals surface area (Å²) >= 11 is 0. The first-order chi connectivity index (χ1) is 9.05. The van der Waals surface area contributed by atoms with E-state index in [0.29, 0.717) is 29.9 Å². The highest BCUT2D eigenvalue weighted by Crippen LogP contribution is 2.25. The molecule has 4 nitrogen and oxygen atoms in total. The van der Waals surface area contributed by atoms with Crippen molar-refractivity contribution in [1.82, 2.24) is 9.62 Å². The molecule has 1 heterocycles. The van der Waals surface area contributed by atoms with Crippen LogP contribution in [-0.2, 0) is 10.0 Å². The maximum Gasteiger partial charge on any atom is 0.243 e. The molecule has 1 aliphatic rings. The van der Waals surface area contributed by atoms with Crippen molar-refractivity contribution in [2.24, 2.45) is 5.92 Å². The smallest absolute Gasteiger partial charge is 0.243 e. The molecule has 19 heavy (non-hydrogen) atoms. The molecule has 0 saturated carbocycles. The maximum atomic E-state index is 12.5. The van der Waals surface area contributed by atoms with Gasteiger partial charge >= 0.3 is 0 Å². The lowest BCUT2D eigenvalue weighted by Crippen LogP contribution is -2.45. The van der Waals surface area contributed by atoms with Gasteiger partial charge in [0.2, 0.25) is 10.0 Å². The summed E-state index contributed by atoms with van der Waals surface area (Å²) in [5, 5.41) is 3.22. The van der Waals surface area contributed by atoms with Crippen LogP contribution in [0.4, 0.5) is 0 Å². The summed E-state index contributed by atoms with van der Waals surface area (Å²) in [4.78, 5) is 0.396. The third kappa shape index (κ3) is 3.16. The van der Waals surface area contributed by atoms with Crippen LogP contribution < -0.4 is 5.32 Å². The summed E-state index contributed by atoms with van der Waals surface area (Å²) in [6.45, 7) is 3.35. The fourth-order valence-corrected chi connectivity index (χ4v) is 4.13. The van der Waals surface area contributed by atoms with Gasteiger partial charge in [-0.1, -0.05) is 18.2 Å². The van der Waals surface area contributed by atoms with Crippen molar-refractivity contribution in [3.63, 3.8) is 0 Å². The van der Waals surface area contributed by atoms with Crippen LogP contribution in [0.5, 0.6) is 0 Å². The Kier molecular flexibility index (Phi) is 4.60. The molecule has 2 atom stereocenters. The number of piperidine rings is 1. The summed E-state index contributed by atoms with van der Waals surface area (Å²) in [5.74, 6) is 0.386.